The molecule has 0 radical (unpaired) electrons. The van der Waals surface area contributed by atoms with E-state index in [0.29, 0.717) is 11.8 Å². The lowest BCUT2D eigenvalue weighted by Gasteiger charge is -2.60. The van der Waals surface area contributed by atoms with E-state index in [0.717, 1.165) is 44.9 Å². The Hall–Kier alpha value is -0.450. The largest absolute Gasteiger partial charge is 0.393 e. The van der Waals surface area contributed by atoms with Crippen molar-refractivity contribution in [2.24, 2.45) is 34.5 Å². The van der Waals surface area contributed by atoms with Gasteiger partial charge in [-0.15, -0.1) is 0 Å². The molecule has 0 amide bonds. The molecule has 4 heteroatoms. The second-order valence-electron chi connectivity index (χ2n) is 9.39. The Balaban J connectivity index is 1.70. The Morgan fingerprint density at radius 2 is 1.78 bits per heavy atom. The summed E-state index contributed by atoms with van der Waals surface area (Å²) in [5.74, 6) is -0.876. The fourth-order valence-electron chi connectivity index (χ4n) is 7.16. The second-order valence-corrected chi connectivity index (χ2v) is 9.39. The number of carbonyl (C=O) groups excluding carboxylic acids is 1. The van der Waals surface area contributed by atoms with Crippen molar-refractivity contribution < 1.29 is 20.1 Å². The summed E-state index contributed by atoms with van der Waals surface area (Å²) in [6.45, 7) is 4.32. The molecule has 4 fully saturated rings. The van der Waals surface area contributed by atoms with Crippen molar-refractivity contribution in [2.75, 3.05) is 0 Å². The number of rotatable bonds is 0. The van der Waals surface area contributed by atoms with Crippen LogP contribution in [0.1, 0.15) is 65.2 Å². The van der Waals surface area contributed by atoms with Crippen LogP contribution in [0.4, 0.5) is 0 Å². The zero-order chi connectivity index (χ0) is 16.6. The first-order chi connectivity index (χ1) is 10.7. The van der Waals surface area contributed by atoms with Crippen molar-refractivity contribution in [1.29, 1.82) is 0 Å². The Kier molecular flexibility index (Phi) is 3.35. The molecule has 0 aromatic carbocycles. The fraction of sp³-hybridized carbons (Fsp3) is 0.947. The molecule has 0 aromatic heterocycles. The van der Waals surface area contributed by atoms with Gasteiger partial charge in [-0.3, -0.25) is 4.79 Å². The maximum Gasteiger partial charge on any atom is 0.173 e. The fourth-order valence-corrected chi connectivity index (χ4v) is 7.16. The van der Waals surface area contributed by atoms with Gasteiger partial charge in [0.05, 0.1) is 12.5 Å². The normalized spacial score (nSPS) is 55.0. The van der Waals surface area contributed by atoms with Crippen molar-refractivity contribution in [2.45, 2.75) is 77.1 Å². The zero-order valence-electron chi connectivity index (χ0n) is 14.3. The first-order valence-corrected chi connectivity index (χ1v) is 9.34. The van der Waals surface area contributed by atoms with Crippen LogP contribution in [0.5, 0.6) is 0 Å². The third-order valence-electron chi connectivity index (χ3n) is 8.36. The van der Waals surface area contributed by atoms with E-state index in [-0.39, 0.29) is 35.6 Å². The van der Waals surface area contributed by atoms with E-state index in [9.17, 15) is 20.1 Å². The first-order valence-electron chi connectivity index (χ1n) is 9.34. The molecule has 4 saturated carbocycles. The topological polar surface area (TPSA) is 77.8 Å². The molecule has 4 aliphatic rings. The minimum absolute atomic E-state index is 0.0392. The molecule has 0 aliphatic heterocycles. The van der Waals surface area contributed by atoms with Gasteiger partial charge in [0.2, 0.25) is 0 Å². The molecule has 0 bridgehead atoms. The van der Waals surface area contributed by atoms with Crippen LogP contribution in [0, 0.1) is 34.5 Å². The highest BCUT2D eigenvalue weighted by atomic mass is 16.5. The van der Waals surface area contributed by atoms with Gasteiger partial charge in [-0.1, -0.05) is 13.8 Å². The molecule has 23 heavy (non-hydrogen) atoms. The minimum Gasteiger partial charge on any atom is -0.393 e. The number of fused-ring (bicyclic) bond motifs is 5. The Bertz CT molecular complexity index is 529. The molecule has 3 N–H and O–H groups in total. The van der Waals surface area contributed by atoms with Crippen LogP contribution in [0.15, 0.2) is 0 Å². The summed E-state index contributed by atoms with van der Waals surface area (Å²) in [7, 11) is 0. The van der Waals surface area contributed by atoms with Gasteiger partial charge < -0.3 is 15.3 Å². The van der Waals surface area contributed by atoms with Crippen LogP contribution in [-0.2, 0) is 4.79 Å². The average Bonchev–Trinajstić information content (AvgIpc) is 2.65. The van der Waals surface area contributed by atoms with E-state index in [1.54, 1.807) is 0 Å². The standard InChI is InChI=1S/C19H30O4/c1-17-7-5-12(20)9-11(17)3-4-13-14(17)6-8-18(2)15(21)10-19(22,23)16(13)18/h11-14,16,20,22-23H,3-10H2,1-2H3/t11-,12+,13+,14-,16-,17-,18+/m0/s1. The van der Waals surface area contributed by atoms with E-state index in [1.165, 1.54) is 0 Å². The van der Waals surface area contributed by atoms with Gasteiger partial charge in [-0.05, 0) is 68.1 Å². The summed E-state index contributed by atoms with van der Waals surface area (Å²) in [5.41, 5.74) is -0.368. The highest BCUT2D eigenvalue weighted by Crippen LogP contribution is 2.66. The summed E-state index contributed by atoms with van der Waals surface area (Å²) in [5, 5.41) is 31.2. The van der Waals surface area contributed by atoms with Crippen LogP contribution < -0.4 is 0 Å². The van der Waals surface area contributed by atoms with Gasteiger partial charge in [-0.2, -0.15) is 0 Å². The predicted molar refractivity (Wildman–Crippen MR) is 85.3 cm³/mol. The van der Waals surface area contributed by atoms with E-state index < -0.39 is 11.2 Å². The molecule has 0 aromatic rings. The smallest absolute Gasteiger partial charge is 0.173 e. The van der Waals surface area contributed by atoms with E-state index in [4.69, 9.17) is 0 Å². The molecule has 0 saturated heterocycles. The summed E-state index contributed by atoms with van der Waals surface area (Å²) in [6.07, 6.45) is 6.33. The maximum atomic E-state index is 12.5. The van der Waals surface area contributed by atoms with Gasteiger partial charge in [0, 0.05) is 11.3 Å². The molecular weight excluding hydrogens is 292 g/mol. The first kappa shape index (κ1) is 16.0. The zero-order valence-corrected chi connectivity index (χ0v) is 14.3. The lowest BCUT2D eigenvalue weighted by atomic mass is 9.45. The van der Waals surface area contributed by atoms with Crippen LogP contribution in [0.2, 0.25) is 0 Å². The quantitative estimate of drug-likeness (QED) is 0.598. The number of Topliss-reactive ketones (excluding diaryl/α,β-unsaturated/α-hetero) is 1. The second kappa shape index (κ2) is 4.80. The van der Waals surface area contributed by atoms with Gasteiger partial charge in [0.15, 0.2) is 5.79 Å². The molecule has 4 aliphatic carbocycles. The molecule has 130 valence electrons. The number of hydrogen-bond donors (Lipinski definition) is 3. The third kappa shape index (κ3) is 2.04. The molecule has 7 atom stereocenters. The summed E-state index contributed by atoms with van der Waals surface area (Å²) in [6, 6.07) is 0. The predicted octanol–water partition coefficient (Wildman–Crippen LogP) is 2.25. The average molecular weight is 322 g/mol. The van der Waals surface area contributed by atoms with Crippen LogP contribution in [0.3, 0.4) is 0 Å². The number of ketones is 1. The van der Waals surface area contributed by atoms with Crippen molar-refractivity contribution in [1.82, 2.24) is 0 Å². The van der Waals surface area contributed by atoms with Gasteiger partial charge in [0.25, 0.3) is 0 Å². The van der Waals surface area contributed by atoms with Crippen molar-refractivity contribution in [3.8, 4) is 0 Å². The minimum atomic E-state index is -1.83. The van der Waals surface area contributed by atoms with Gasteiger partial charge >= 0.3 is 0 Å². The molecule has 4 rings (SSSR count). The molecule has 4 nitrogen and oxygen atoms in total. The Morgan fingerprint density at radius 1 is 1.04 bits per heavy atom. The van der Waals surface area contributed by atoms with Crippen molar-refractivity contribution in [3.63, 3.8) is 0 Å². The van der Waals surface area contributed by atoms with Gasteiger partial charge in [-0.25, -0.2) is 0 Å². The summed E-state index contributed by atoms with van der Waals surface area (Å²) < 4.78 is 0. The van der Waals surface area contributed by atoms with Crippen molar-refractivity contribution in [3.05, 3.63) is 0 Å². The van der Waals surface area contributed by atoms with Crippen LogP contribution >= 0.6 is 0 Å². The number of hydrogen-bond acceptors (Lipinski definition) is 4. The van der Waals surface area contributed by atoms with Crippen LogP contribution in [0.25, 0.3) is 0 Å². The van der Waals surface area contributed by atoms with E-state index in [1.807, 2.05) is 6.92 Å². The Morgan fingerprint density at radius 3 is 2.52 bits per heavy atom. The van der Waals surface area contributed by atoms with Gasteiger partial charge in [0.1, 0.15) is 5.78 Å². The van der Waals surface area contributed by atoms with E-state index >= 15 is 0 Å². The monoisotopic (exact) mass is 322 g/mol. The highest BCUT2D eigenvalue weighted by molar-refractivity contribution is 5.88. The number of aliphatic hydroxyl groups excluding tert-OH is 1. The SMILES string of the molecule is C[C@]12CC[C@@H](O)C[C@@H]1CC[C@H]1[C@@H]3C(O)(O)CC(=O)[C@@]3(C)CC[C@@H]12. The number of carbonyl (C=O) groups is 1. The molecule has 0 unspecified atom stereocenters. The third-order valence-corrected chi connectivity index (χ3v) is 8.36. The number of aliphatic hydroxyl groups is 3. The van der Waals surface area contributed by atoms with Crippen molar-refractivity contribution >= 4 is 5.78 Å². The Labute approximate surface area is 138 Å². The van der Waals surface area contributed by atoms with E-state index in [2.05, 4.69) is 6.92 Å². The van der Waals surface area contributed by atoms with Crippen LogP contribution in [-0.4, -0.2) is 33.0 Å². The molecule has 0 spiro atoms. The lowest BCUT2D eigenvalue weighted by molar-refractivity contribution is -0.241. The molecular formula is C19H30O4. The summed E-state index contributed by atoms with van der Waals surface area (Å²) >= 11 is 0. The molecule has 0 heterocycles. The highest BCUT2D eigenvalue weighted by Gasteiger charge is 2.67. The summed E-state index contributed by atoms with van der Waals surface area (Å²) in [4.78, 5) is 12.5. The lowest BCUT2D eigenvalue weighted by Crippen LogP contribution is -2.57. The maximum absolute atomic E-state index is 12.5.